The van der Waals surface area contributed by atoms with Gasteiger partial charge in [0.1, 0.15) is 12.2 Å². The largest absolute Gasteiger partial charge is 0.330 e. The second kappa shape index (κ2) is 2.19. The van der Waals surface area contributed by atoms with Gasteiger partial charge in [0.2, 0.25) is 5.91 Å². The Morgan fingerprint density at radius 1 is 1.55 bits per heavy atom. The molecule has 0 saturated heterocycles. The minimum atomic E-state index is -0.0982. The number of carbonyl (C=O) groups is 1. The summed E-state index contributed by atoms with van der Waals surface area (Å²) in [6.07, 6.45) is 3.09. The Kier molecular flexibility index (Phi) is 1.21. The van der Waals surface area contributed by atoms with Gasteiger partial charge in [0.15, 0.2) is 5.84 Å². The van der Waals surface area contributed by atoms with Gasteiger partial charge >= 0.3 is 0 Å². The molecular formula is C6H6N4O. The van der Waals surface area contributed by atoms with E-state index >= 15 is 0 Å². The molecule has 5 nitrogen and oxygen atoms in total. The van der Waals surface area contributed by atoms with Crippen LogP contribution in [0.4, 0.5) is 0 Å². The highest BCUT2D eigenvalue weighted by Crippen LogP contribution is 2.00. The number of aliphatic imine (C=N–C) groups is 2. The molecule has 0 saturated carbocycles. The Morgan fingerprint density at radius 3 is 3.36 bits per heavy atom. The summed E-state index contributed by atoms with van der Waals surface area (Å²) in [5, 5.41) is 5.45. The number of hydrogen-bond acceptors (Lipinski definition) is 4. The maximum atomic E-state index is 10.8. The van der Waals surface area contributed by atoms with Crippen molar-refractivity contribution in [1.82, 2.24) is 10.6 Å². The van der Waals surface area contributed by atoms with E-state index in [9.17, 15) is 4.79 Å². The highest BCUT2D eigenvalue weighted by molar-refractivity contribution is 6.10. The van der Waals surface area contributed by atoms with Crippen LogP contribution in [0.15, 0.2) is 21.9 Å². The molecule has 2 aliphatic rings. The minimum absolute atomic E-state index is 0.0982. The Hall–Kier alpha value is -1.65. The second-order valence-electron chi connectivity index (χ2n) is 2.18. The highest BCUT2D eigenvalue weighted by Gasteiger charge is 2.16. The molecule has 56 valence electrons. The van der Waals surface area contributed by atoms with Crippen LogP contribution in [0.2, 0.25) is 0 Å². The van der Waals surface area contributed by atoms with E-state index < -0.39 is 0 Å². The number of nitrogens with zero attached hydrogens (tertiary/aromatic N) is 2. The maximum Gasteiger partial charge on any atom is 0.246 e. The number of fused-ring (bicyclic) bond motifs is 1. The molecule has 2 rings (SSSR count). The second-order valence-corrected chi connectivity index (χ2v) is 2.18. The smallest absolute Gasteiger partial charge is 0.246 e. The van der Waals surface area contributed by atoms with Crippen molar-refractivity contribution in [3.63, 3.8) is 0 Å². The molecule has 0 aromatic carbocycles. The third kappa shape index (κ3) is 1.000. The zero-order valence-corrected chi connectivity index (χ0v) is 5.66. The molecular weight excluding hydrogens is 144 g/mol. The molecule has 0 aliphatic carbocycles. The molecule has 0 radical (unpaired) electrons. The first kappa shape index (κ1) is 6.09. The summed E-state index contributed by atoms with van der Waals surface area (Å²) >= 11 is 0. The van der Waals surface area contributed by atoms with Gasteiger partial charge in [-0.2, -0.15) is 0 Å². The van der Waals surface area contributed by atoms with Crippen molar-refractivity contribution in [3.05, 3.63) is 11.9 Å². The van der Waals surface area contributed by atoms with Crippen LogP contribution < -0.4 is 10.6 Å². The maximum absolute atomic E-state index is 10.8. The molecule has 0 bridgehead atoms. The van der Waals surface area contributed by atoms with Crippen molar-refractivity contribution < 1.29 is 4.79 Å². The average molecular weight is 150 g/mol. The van der Waals surface area contributed by atoms with Crippen LogP contribution in [0, 0.1) is 0 Å². The van der Waals surface area contributed by atoms with Gasteiger partial charge < -0.3 is 10.6 Å². The zero-order valence-electron chi connectivity index (χ0n) is 5.66. The molecule has 0 aromatic rings. The minimum Gasteiger partial charge on any atom is -0.330 e. The van der Waals surface area contributed by atoms with Gasteiger partial charge in [0.05, 0.1) is 12.5 Å². The summed E-state index contributed by atoms with van der Waals surface area (Å²) in [5.74, 6) is 0.582. The van der Waals surface area contributed by atoms with Crippen LogP contribution in [0.3, 0.4) is 0 Å². The average Bonchev–Trinajstić information content (AvgIpc) is 2.04. The molecule has 0 aromatic heterocycles. The van der Waals surface area contributed by atoms with E-state index in [0.717, 1.165) is 0 Å². The van der Waals surface area contributed by atoms with Crippen LogP contribution in [-0.4, -0.2) is 24.6 Å². The normalized spacial score (nSPS) is 20.9. The van der Waals surface area contributed by atoms with Crippen molar-refractivity contribution in [3.8, 4) is 0 Å². The molecule has 1 amide bonds. The van der Waals surface area contributed by atoms with E-state index in [4.69, 9.17) is 0 Å². The Labute approximate surface area is 62.9 Å². The van der Waals surface area contributed by atoms with Crippen LogP contribution in [0.1, 0.15) is 0 Å². The van der Waals surface area contributed by atoms with E-state index in [0.29, 0.717) is 11.5 Å². The van der Waals surface area contributed by atoms with Gasteiger partial charge in [-0.3, -0.25) is 9.79 Å². The molecule has 0 unspecified atom stereocenters. The lowest BCUT2D eigenvalue weighted by molar-refractivity contribution is -0.119. The molecule has 0 fully saturated rings. The van der Waals surface area contributed by atoms with Gasteiger partial charge in [-0.15, -0.1) is 0 Å². The lowest BCUT2D eigenvalue weighted by atomic mass is 10.3. The summed E-state index contributed by atoms with van der Waals surface area (Å²) in [6, 6.07) is 0. The van der Waals surface area contributed by atoms with Crippen molar-refractivity contribution >= 4 is 18.1 Å². The van der Waals surface area contributed by atoms with E-state index in [1.165, 1.54) is 6.34 Å². The van der Waals surface area contributed by atoms with Crippen LogP contribution in [0.25, 0.3) is 0 Å². The Bertz CT molecular complexity index is 289. The third-order valence-corrected chi connectivity index (χ3v) is 1.39. The number of amidine groups is 1. The molecule has 11 heavy (non-hydrogen) atoms. The number of amides is 1. The topological polar surface area (TPSA) is 65.8 Å². The van der Waals surface area contributed by atoms with E-state index in [1.54, 1.807) is 6.20 Å². The monoisotopic (exact) mass is 150 g/mol. The summed E-state index contributed by atoms with van der Waals surface area (Å²) < 4.78 is 0. The number of hydrogen-bond donors (Lipinski definition) is 2. The fourth-order valence-electron chi connectivity index (χ4n) is 0.912. The number of nitrogens with one attached hydrogen (secondary N) is 2. The summed E-state index contributed by atoms with van der Waals surface area (Å²) in [7, 11) is 0. The van der Waals surface area contributed by atoms with Crippen molar-refractivity contribution in [1.29, 1.82) is 0 Å². The van der Waals surface area contributed by atoms with Crippen LogP contribution in [-0.2, 0) is 4.79 Å². The quantitative estimate of drug-likeness (QED) is 0.464. The highest BCUT2D eigenvalue weighted by atomic mass is 16.2. The van der Waals surface area contributed by atoms with E-state index in [2.05, 4.69) is 20.6 Å². The lowest BCUT2D eigenvalue weighted by Crippen LogP contribution is -2.41. The summed E-state index contributed by atoms with van der Waals surface area (Å²) in [5.41, 5.74) is 0.642. The molecule has 2 heterocycles. The van der Waals surface area contributed by atoms with E-state index in [-0.39, 0.29) is 12.5 Å². The molecule has 2 N–H and O–H groups in total. The molecule has 0 atom stereocenters. The Morgan fingerprint density at radius 2 is 2.45 bits per heavy atom. The van der Waals surface area contributed by atoms with Crippen molar-refractivity contribution in [2.75, 3.05) is 6.54 Å². The fraction of sp³-hybridized carbons (Fsp3) is 0.167. The van der Waals surface area contributed by atoms with Crippen LogP contribution in [0.5, 0.6) is 0 Å². The molecule has 0 spiro atoms. The van der Waals surface area contributed by atoms with E-state index in [1.807, 2.05) is 0 Å². The first-order chi connectivity index (χ1) is 5.36. The summed E-state index contributed by atoms with van der Waals surface area (Å²) in [4.78, 5) is 18.5. The fourth-order valence-corrected chi connectivity index (χ4v) is 0.912. The van der Waals surface area contributed by atoms with Gasteiger partial charge in [-0.05, 0) is 0 Å². The van der Waals surface area contributed by atoms with Gasteiger partial charge in [0.25, 0.3) is 0 Å². The first-order valence-electron chi connectivity index (χ1n) is 3.19. The predicted molar refractivity (Wildman–Crippen MR) is 40.2 cm³/mol. The van der Waals surface area contributed by atoms with Crippen LogP contribution >= 0.6 is 0 Å². The number of rotatable bonds is 0. The van der Waals surface area contributed by atoms with Crippen molar-refractivity contribution in [2.24, 2.45) is 9.98 Å². The predicted octanol–water partition coefficient (Wildman–Crippen LogP) is -1.01. The van der Waals surface area contributed by atoms with Gasteiger partial charge in [-0.1, -0.05) is 0 Å². The first-order valence-corrected chi connectivity index (χ1v) is 3.19. The third-order valence-electron chi connectivity index (χ3n) is 1.39. The Balaban J connectivity index is 2.35. The standard InChI is InChI=1S/C6H6N4O/c11-5-2-8-6-4(10-5)1-7-3-9-6/h1,3H,2H2,(H,10,11)(H,7,8,9). The SMILES string of the molecule is O=C1CN=C2NC=NC=C2N1. The molecule has 5 heteroatoms. The molecule has 2 aliphatic heterocycles. The lowest BCUT2D eigenvalue weighted by Gasteiger charge is -2.17. The summed E-state index contributed by atoms with van der Waals surface area (Å²) in [6.45, 7) is 0.188. The van der Waals surface area contributed by atoms with Gasteiger partial charge in [0, 0.05) is 0 Å². The number of carbonyl (C=O) groups excluding carboxylic acids is 1. The van der Waals surface area contributed by atoms with Gasteiger partial charge in [-0.25, -0.2) is 4.99 Å². The zero-order chi connectivity index (χ0) is 7.68. The van der Waals surface area contributed by atoms with Crippen molar-refractivity contribution in [2.45, 2.75) is 0 Å².